The second-order valence-corrected chi connectivity index (χ2v) is 10.3. The van der Waals surface area contributed by atoms with Gasteiger partial charge in [-0.2, -0.15) is 5.09 Å². The molecule has 1 fully saturated rings. The van der Waals surface area contributed by atoms with Crippen LogP contribution in [0.5, 0.6) is 5.75 Å². The van der Waals surface area contributed by atoms with Crippen molar-refractivity contribution >= 4 is 13.7 Å². The molecule has 36 heavy (non-hydrogen) atoms. The highest BCUT2D eigenvalue weighted by molar-refractivity contribution is 7.52. The number of nitrogens with one attached hydrogen (secondary N) is 2. The fourth-order valence-corrected chi connectivity index (χ4v) is 5.13. The molecule has 1 aromatic heterocycles. The van der Waals surface area contributed by atoms with Crippen molar-refractivity contribution in [3.8, 4) is 5.75 Å². The normalized spacial score (nSPS) is 24.3. The molecule has 2 unspecified atom stereocenters. The molecule has 2 aromatic rings. The quantitative estimate of drug-likeness (QED) is 0.237. The van der Waals surface area contributed by atoms with Gasteiger partial charge in [-0.3, -0.25) is 23.7 Å². The van der Waals surface area contributed by atoms with E-state index >= 15 is 0 Å². The Kier molecular flexibility index (Phi) is 9.23. The number of aliphatic hydroxyl groups is 2. The van der Waals surface area contributed by atoms with Crippen LogP contribution in [-0.2, 0) is 23.4 Å². The van der Waals surface area contributed by atoms with Crippen molar-refractivity contribution in [2.45, 2.75) is 50.8 Å². The van der Waals surface area contributed by atoms with E-state index < -0.39 is 62.2 Å². The average Bonchev–Trinajstić information content (AvgIpc) is 3.11. The first-order chi connectivity index (χ1) is 17.0. The van der Waals surface area contributed by atoms with Crippen molar-refractivity contribution in [2.75, 3.05) is 13.7 Å². The van der Waals surface area contributed by atoms with Gasteiger partial charge in [0.15, 0.2) is 6.23 Å². The molecular weight excluding hydrogens is 497 g/mol. The number of H-pyrrole nitrogens is 1. The molecule has 1 aromatic carbocycles. The van der Waals surface area contributed by atoms with E-state index in [1.165, 1.54) is 19.2 Å². The van der Waals surface area contributed by atoms with Gasteiger partial charge in [0.2, 0.25) is 0 Å². The van der Waals surface area contributed by atoms with Gasteiger partial charge in [-0.25, -0.2) is 9.36 Å². The van der Waals surface area contributed by atoms with E-state index in [2.05, 4.69) is 5.09 Å². The maximum Gasteiger partial charge on any atom is 0.459 e. The van der Waals surface area contributed by atoms with E-state index in [4.69, 9.17) is 18.5 Å². The molecule has 1 aliphatic heterocycles. The molecule has 0 aliphatic carbocycles. The Morgan fingerprint density at radius 1 is 1.19 bits per heavy atom. The maximum absolute atomic E-state index is 13.7. The lowest BCUT2D eigenvalue weighted by Crippen LogP contribution is -2.39. The predicted octanol–water partition coefficient (Wildman–Crippen LogP) is 0.537. The number of ether oxygens (including phenoxy) is 2. The van der Waals surface area contributed by atoms with Crippen molar-refractivity contribution in [1.82, 2.24) is 14.6 Å². The second kappa shape index (κ2) is 12.0. The lowest BCUT2D eigenvalue weighted by atomic mass is 10.1. The minimum Gasteiger partial charge on any atom is -0.468 e. The van der Waals surface area contributed by atoms with Crippen molar-refractivity contribution in [1.29, 1.82) is 0 Å². The minimum absolute atomic E-state index is 0.0262. The van der Waals surface area contributed by atoms with Crippen LogP contribution in [0.1, 0.15) is 26.5 Å². The first kappa shape index (κ1) is 27.8. The number of methoxy groups -OCH3 is 1. The van der Waals surface area contributed by atoms with Crippen LogP contribution in [0, 0.1) is 5.92 Å². The van der Waals surface area contributed by atoms with Crippen LogP contribution in [0.25, 0.3) is 0 Å². The van der Waals surface area contributed by atoms with Crippen molar-refractivity contribution in [2.24, 2.45) is 5.92 Å². The van der Waals surface area contributed by atoms with E-state index in [-0.39, 0.29) is 18.1 Å². The summed E-state index contributed by atoms with van der Waals surface area (Å²) < 4.78 is 36.2. The zero-order valence-electron chi connectivity index (χ0n) is 20.0. The van der Waals surface area contributed by atoms with E-state index in [0.717, 1.165) is 16.8 Å². The summed E-state index contributed by atoms with van der Waals surface area (Å²) in [5.74, 6) is -0.459. The molecule has 198 valence electrons. The summed E-state index contributed by atoms with van der Waals surface area (Å²) in [6.45, 7) is 3.19. The molecule has 3 rings (SSSR count). The fraction of sp³-hybridized carbons (Fsp3) is 0.500. The Morgan fingerprint density at radius 3 is 2.50 bits per heavy atom. The Balaban J connectivity index is 1.80. The molecule has 0 saturated carbocycles. The highest BCUT2D eigenvalue weighted by Crippen LogP contribution is 2.46. The molecule has 13 nitrogen and oxygen atoms in total. The molecule has 4 N–H and O–H groups in total. The SMILES string of the molecule is COC(=O)C(CC(C)C)NP(=O)(OC[C@H]1O[C@@H](n2ccc(=O)[nH]c2=O)[C@H](O)[C@@H]1O)Oc1ccccc1. The van der Waals surface area contributed by atoms with Gasteiger partial charge >= 0.3 is 19.4 Å². The summed E-state index contributed by atoms with van der Waals surface area (Å²) in [6, 6.07) is 8.13. The van der Waals surface area contributed by atoms with Gasteiger partial charge in [0.05, 0.1) is 13.7 Å². The van der Waals surface area contributed by atoms with E-state index in [1.807, 2.05) is 18.8 Å². The maximum atomic E-state index is 13.7. The summed E-state index contributed by atoms with van der Waals surface area (Å²) in [7, 11) is -3.07. The van der Waals surface area contributed by atoms with E-state index in [1.54, 1.807) is 18.2 Å². The molecular formula is C22H30N3O10P. The largest absolute Gasteiger partial charge is 0.468 e. The summed E-state index contributed by atoms with van der Waals surface area (Å²) in [5.41, 5.74) is -1.49. The predicted molar refractivity (Wildman–Crippen MR) is 126 cm³/mol. The van der Waals surface area contributed by atoms with Gasteiger partial charge in [0.1, 0.15) is 30.1 Å². The first-order valence-corrected chi connectivity index (χ1v) is 12.7. The van der Waals surface area contributed by atoms with Crippen LogP contribution in [0.4, 0.5) is 0 Å². The smallest absolute Gasteiger partial charge is 0.459 e. The standard InChI is InChI=1S/C22H30N3O10P/c1-13(2)11-15(21(29)32-3)24-36(31,35-14-7-5-4-6-8-14)33-12-16-18(27)19(28)20(34-16)25-10-9-17(26)23-22(25)30/h4-10,13,15-16,18-20,27-28H,11-12H2,1-3H3,(H,24,31)(H,23,26,30)/t15?,16-,18-,19-,20-,36?/m1/s1. The van der Waals surface area contributed by atoms with E-state index in [0.29, 0.717) is 0 Å². The summed E-state index contributed by atoms with van der Waals surface area (Å²) in [5, 5.41) is 23.5. The zero-order chi connectivity index (χ0) is 26.5. The number of nitrogens with zero attached hydrogens (tertiary/aromatic N) is 1. The average molecular weight is 527 g/mol. The van der Waals surface area contributed by atoms with Crippen LogP contribution in [0.3, 0.4) is 0 Å². The van der Waals surface area contributed by atoms with E-state index in [9.17, 15) is 29.2 Å². The third-order valence-corrected chi connectivity index (χ3v) is 6.91. The lowest BCUT2D eigenvalue weighted by molar-refractivity contribution is -0.143. The zero-order valence-corrected chi connectivity index (χ0v) is 20.9. The first-order valence-electron chi connectivity index (χ1n) is 11.2. The Hall–Kier alpha value is -2.80. The second-order valence-electron chi connectivity index (χ2n) is 8.60. The molecule has 14 heteroatoms. The number of hydrogen-bond acceptors (Lipinski definition) is 10. The van der Waals surface area contributed by atoms with Crippen LogP contribution >= 0.6 is 7.75 Å². The Morgan fingerprint density at radius 2 is 1.89 bits per heavy atom. The molecule has 1 aliphatic rings. The van der Waals surface area contributed by atoms with Crippen LogP contribution in [0.2, 0.25) is 0 Å². The Bertz CT molecular complexity index is 1180. The number of para-hydroxylation sites is 1. The molecule has 0 spiro atoms. The fourth-order valence-electron chi connectivity index (χ4n) is 3.61. The molecule has 0 bridgehead atoms. The molecule has 0 radical (unpaired) electrons. The highest BCUT2D eigenvalue weighted by atomic mass is 31.2. The van der Waals surface area contributed by atoms with Gasteiger partial charge in [0.25, 0.3) is 5.56 Å². The molecule has 0 amide bonds. The number of benzene rings is 1. The van der Waals surface area contributed by atoms with Gasteiger partial charge < -0.3 is 24.2 Å². The van der Waals surface area contributed by atoms with Gasteiger partial charge in [-0.05, 0) is 24.5 Å². The highest BCUT2D eigenvalue weighted by Gasteiger charge is 2.46. The molecule has 6 atom stereocenters. The number of carbonyl (C=O) groups is 1. The minimum atomic E-state index is -4.27. The van der Waals surface area contributed by atoms with Crippen LogP contribution in [-0.4, -0.2) is 63.8 Å². The number of aromatic nitrogens is 2. The van der Waals surface area contributed by atoms with Crippen molar-refractivity contribution < 1.29 is 38.1 Å². The number of carbonyl (C=O) groups excluding carboxylic acids is 1. The van der Waals surface area contributed by atoms with Gasteiger partial charge in [0, 0.05) is 12.3 Å². The van der Waals surface area contributed by atoms with Crippen molar-refractivity contribution in [3.63, 3.8) is 0 Å². The number of aromatic amines is 1. The summed E-state index contributed by atoms with van der Waals surface area (Å²) >= 11 is 0. The molecule has 2 heterocycles. The van der Waals surface area contributed by atoms with Crippen molar-refractivity contribution in [3.05, 3.63) is 63.4 Å². The molecule has 1 saturated heterocycles. The third-order valence-electron chi connectivity index (χ3n) is 5.35. The summed E-state index contributed by atoms with van der Waals surface area (Å²) in [6.07, 6.45) is -4.30. The topological polar surface area (TPSA) is 178 Å². The van der Waals surface area contributed by atoms with Gasteiger partial charge in [-0.15, -0.1) is 0 Å². The monoisotopic (exact) mass is 527 g/mol. The van der Waals surface area contributed by atoms with Crippen LogP contribution in [0.15, 0.2) is 52.2 Å². The Labute approximate surface area is 206 Å². The third kappa shape index (κ3) is 6.90. The lowest BCUT2D eigenvalue weighted by Gasteiger charge is -2.26. The summed E-state index contributed by atoms with van der Waals surface area (Å²) in [4.78, 5) is 37.8. The number of hydrogen-bond donors (Lipinski definition) is 4. The number of aliphatic hydroxyl groups excluding tert-OH is 2. The number of esters is 1. The van der Waals surface area contributed by atoms with Crippen LogP contribution < -0.4 is 20.9 Å². The number of rotatable bonds is 11. The van der Waals surface area contributed by atoms with Gasteiger partial charge in [-0.1, -0.05) is 32.0 Å².